The first-order valence-corrected chi connectivity index (χ1v) is 7.97. The van der Waals surface area contributed by atoms with E-state index in [0.29, 0.717) is 0 Å². The van der Waals surface area contributed by atoms with Gasteiger partial charge in [-0.3, -0.25) is 0 Å². The smallest absolute Gasteiger partial charge is 0.214 e. The van der Waals surface area contributed by atoms with E-state index in [9.17, 15) is 8.42 Å². The van der Waals surface area contributed by atoms with Crippen molar-refractivity contribution in [2.45, 2.75) is 45.3 Å². The Labute approximate surface area is 104 Å². The van der Waals surface area contributed by atoms with E-state index < -0.39 is 10.0 Å². The second-order valence-electron chi connectivity index (χ2n) is 4.73. The highest BCUT2D eigenvalue weighted by Crippen LogP contribution is 2.06. The molecule has 1 rings (SSSR count). The highest BCUT2D eigenvalue weighted by molar-refractivity contribution is 7.89. The molecule has 0 aromatic heterocycles. The summed E-state index contributed by atoms with van der Waals surface area (Å²) in [6, 6.07) is 0.0778. The summed E-state index contributed by atoms with van der Waals surface area (Å²) in [5.74, 6) is 0.0507. The molecule has 0 saturated carbocycles. The van der Waals surface area contributed by atoms with Gasteiger partial charge in [-0.2, -0.15) is 0 Å². The molecule has 17 heavy (non-hydrogen) atoms. The maximum absolute atomic E-state index is 11.8. The van der Waals surface area contributed by atoms with Crippen LogP contribution in [0.4, 0.5) is 0 Å². The fraction of sp³-hybridized carbons (Fsp3) is 1.00. The fourth-order valence-electron chi connectivity index (χ4n) is 1.84. The Kier molecular flexibility index (Phi) is 6.40. The second-order valence-corrected chi connectivity index (χ2v) is 6.61. The lowest BCUT2D eigenvalue weighted by atomic mass is 10.1. The van der Waals surface area contributed by atoms with Crippen molar-refractivity contribution in [1.29, 1.82) is 0 Å². The van der Waals surface area contributed by atoms with E-state index in [-0.39, 0.29) is 24.5 Å². The van der Waals surface area contributed by atoms with Gasteiger partial charge >= 0.3 is 0 Å². The Hall–Kier alpha value is -0.170. The first-order chi connectivity index (χ1) is 7.99. The molecule has 0 amide bonds. The molecule has 0 spiro atoms. The molecular weight excluding hydrogens is 240 g/mol. The first-order valence-electron chi connectivity index (χ1n) is 6.32. The Morgan fingerprint density at radius 3 is 2.82 bits per heavy atom. The Bertz CT molecular complexity index is 296. The Balaban J connectivity index is 2.31. The van der Waals surface area contributed by atoms with Crippen molar-refractivity contribution in [3.8, 4) is 0 Å². The minimum absolute atomic E-state index is 0.0507. The molecule has 1 saturated heterocycles. The van der Waals surface area contributed by atoms with Gasteiger partial charge in [0, 0.05) is 6.04 Å². The van der Waals surface area contributed by atoms with Crippen molar-refractivity contribution >= 4 is 10.0 Å². The summed E-state index contributed by atoms with van der Waals surface area (Å²) in [6.07, 6.45) is 2.88. The molecule has 1 atom stereocenters. The summed E-state index contributed by atoms with van der Waals surface area (Å²) < 4.78 is 31.6. The minimum atomic E-state index is -3.20. The van der Waals surface area contributed by atoms with Gasteiger partial charge in [0.1, 0.15) is 0 Å². The van der Waals surface area contributed by atoms with Gasteiger partial charge in [0.25, 0.3) is 0 Å². The van der Waals surface area contributed by atoms with E-state index >= 15 is 0 Å². The summed E-state index contributed by atoms with van der Waals surface area (Å²) in [4.78, 5) is 0. The molecule has 1 unspecified atom stereocenters. The lowest BCUT2D eigenvalue weighted by Crippen LogP contribution is -2.38. The zero-order valence-corrected chi connectivity index (χ0v) is 11.6. The number of hydrogen-bond donors (Lipinski definition) is 2. The fourth-order valence-corrected chi connectivity index (χ4v) is 3.02. The minimum Gasteiger partial charge on any atom is -0.378 e. The number of ether oxygens (including phenoxy) is 1. The number of sulfonamides is 1. The molecule has 0 aromatic rings. The average Bonchev–Trinajstić information content (AvgIpc) is 2.44. The molecule has 1 aliphatic rings. The van der Waals surface area contributed by atoms with Gasteiger partial charge < -0.3 is 10.1 Å². The van der Waals surface area contributed by atoms with Gasteiger partial charge in [-0.1, -0.05) is 0 Å². The number of nitrogens with one attached hydrogen (secondary N) is 2. The maximum Gasteiger partial charge on any atom is 0.214 e. The third-order valence-electron chi connectivity index (χ3n) is 2.73. The van der Waals surface area contributed by atoms with Gasteiger partial charge in [0.2, 0.25) is 10.0 Å². The van der Waals surface area contributed by atoms with Crippen LogP contribution in [0, 0.1) is 0 Å². The monoisotopic (exact) mass is 264 g/mol. The molecule has 0 aliphatic carbocycles. The van der Waals surface area contributed by atoms with Crippen molar-refractivity contribution in [3.63, 3.8) is 0 Å². The van der Waals surface area contributed by atoms with Gasteiger partial charge in [-0.25, -0.2) is 13.1 Å². The summed E-state index contributed by atoms with van der Waals surface area (Å²) in [6.45, 7) is 5.93. The van der Waals surface area contributed by atoms with E-state index in [1.54, 1.807) is 0 Å². The molecule has 1 aliphatic heterocycles. The van der Waals surface area contributed by atoms with Crippen LogP contribution in [0.2, 0.25) is 0 Å². The van der Waals surface area contributed by atoms with E-state index in [1.165, 1.54) is 0 Å². The maximum atomic E-state index is 11.8. The van der Waals surface area contributed by atoms with Gasteiger partial charge in [-0.15, -0.1) is 0 Å². The van der Waals surface area contributed by atoms with Crippen LogP contribution >= 0.6 is 0 Å². The predicted molar refractivity (Wildman–Crippen MR) is 68.5 cm³/mol. The van der Waals surface area contributed by atoms with Crippen LogP contribution in [0.3, 0.4) is 0 Å². The van der Waals surface area contributed by atoms with Crippen molar-refractivity contribution < 1.29 is 13.2 Å². The average molecular weight is 264 g/mol. The highest BCUT2D eigenvalue weighted by atomic mass is 32.2. The topological polar surface area (TPSA) is 67.4 Å². The molecular formula is C11H24N2O3S. The van der Waals surface area contributed by atoms with Gasteiger partial charge in [0.15, 0.2) is 0 Å². The lowest BCUT2D eigenvalue weighted by molar-refractivity contribution is 0.0911. The number of rotatable bonds is 6. The first kappa shape index (κ1) is 14.9. The molecule has 0 bridgehead atoms. The van der Waals surface area contributed by atoms with Crippen LogP contribution in [0.5, 0.6) is 0 Å². The van der Waals surface area contributed by atoms with Crippen molar-refractivity contribution in [3.05, 3.63) is 0 Å². The summed E-state index contributed by atoms with van der Waals surface area (Å²) in [7, 11) is -3.20. The molecule has 0 radical (unpaired) electrons. The standard InChI is InChI=1S/C11H24N2O3S/c1-10(2)16-8-9-17(14,15)13-11-4-3-6-12-7-5-11/h10-13H,3-9H2,1-2H3. The van der Waals surface area contributed by atoms with E-state index in [4.69, 9.17) is 4.74 Å². The van der Waals surface area contributed by atoms with Gasteiger partial charge in [0.05, 0.1) is 18.5 Å². The molecule has 1 fully saturated rings. The molecule has 2 N–H and O–H groups in total. The zero-order chi connectivity index (χ0) is 12.7. The van der Waals surface area contributed by atoms with E-state index in [2.05, 4.69) is 10.0 Å². The molecule has 0 aromatic carbocycles. The van der Waals surface area contributed by atoms with Crippen LogP contribution in [0.25, 0.3) is 0 Å². The normalized spacial score (nSPS) is 22.6. The van der Waals surface area contributed by atoms with Crippen LogP contribution in [0.1, 0.15) is 33.1 Å². The quantitative estimate of drug-likeness (QED) is 0.732. The number of hydrogen-bond acceptors (Lipinski definition) is 4. The van der Waals surface area contributed by atoms with Crippen LogP contribution < -0.4 is 10.0 Å². The summed E-state index contributed by atoms with van der Waals surface area (Å²) in [5, 5.41) is 3.26. The molecule has 1 heterocycles. The predicted octanol–water partition coefficient (Wildman–Crippen LogP) is 0.473. The third kappa shape index (κ3) is 6.98. The van der Waals surface area contributed by atoms with E-state index in [1.807, 2.05) is 13.8 Å². The molecule has 102 valence electrons. The van der Waals surface area contributed by atoms with E-state index in [0.717, 1.165) is 32.4 Å². The van der Waals surface area contributed by atoms with Crippen LogP contribution in [-0.2, 0) is 14.8 Å². The van der Waals surface area contributed by atoms with Crippen LogP contribution in [-0.4, -0.2) is 46.0 Å². The Morgan fingerprint density at radius 2 is 2.12 bits per heavy atom. The highest BCUT2D eigenvalue weighted by Gasteiger charge is 2.18. The van der Waals surface area contributed by atoms with Gasteiger partial charge in [-0.05, 0) is 46.2 Å². The van der Waals surface area contributed by atoms with Crippen molar-refractivity contribution in [1.82, 2.24) is 10.0 Å². The molecule has 5 nitrogen and oxygen atoms in total. The largest absolute Gasteiger partial charge is 0.378 e. The summed E-state index contributed by atoms with van der Waals surface area (Å²) in [5.41, 5.74) is 0. The molecule has 6 heteroatoms. The van der Waals surface area contributed by atoms with Crippen LogP contribution in [0.15, 0.2) is 0 Å². The summed E-state index contributed by atoms with van der Waals surface area (Å²) >= 11 is 0. The SMILES string of the molecule is CC(C)OCCS(=O)(=O)NC1CCCNCC1. The zero-order valence-electron chi connectivity index (χ0n) is 10.7. The van der Waals surface area contributed by atoms with Crippen molar-refractivity contribution in [2.75, 3.05) is 25.4 Å². The Morgan fingerprint density at radius 1 is 1.35 bits per heavy atom. The van der Waals surface area contributed by atoms with Crippen molar-refractivity contribution in [2.24, 2.45) is 0 Å². The second kappa shape index (κ2) is 7.31. The third-order valence-corrected chi connectivity index (χ3v) is 4.12. The lowest BCUT2D eigenvalue weighted by Gasteiger charge is -2.16.